The van der Waals surface area contributed by atoms with Crippen molar-refractivity contribution in [1.29, 1.82) is 0 Å². The second kappa shape index (κ2) is 10.4. The van der Waals surface area contributed by atoms with Gasteiger partial charge < -0.3 is 20.1 Å². The van der Waals surface area contributed by atoms with E-state index in [9.17, 15) is 14.7 Å². The fourth-order valence-electron chi connectivity index (χ4n) is 3.12. The molecule has 6 nitrogen and oxygen atoms in total. The third-order valence-electron chi connectivity index (χ3n) is 4.65. The molecule has 0 aromatic heterocycles. The van der Waals surface area contributed by atoms with Gasteiger partial charge in [0.15, 0.2) is 0 Å². The van der Waals surface area contributed by atoms with E-state index in [0.717, 1.165) is 18.4 Å². The number of hydrogen-bond acceptors (Lipinski definition) is 4. The van der Waals surface area contributed by atoms with Crippen LogP contribution in [-0.2, 0) is 9.53 Å². The molecule has 2 atom stereocenters. The summed E-state index contributed by atoms with van der Waals surface area (Å²) >= 11 is 0. The number of rotatable bonds is 8. The highest BCUT2D eigenvalue weighted by Gasteiger charge is 2.29. The number of likely N-dealkylation sites (tertiary alicyclic amines) is 1. The van der Waals surface area contributed by atoms with Gasteiger partial charge in [0.25, 0.3) is 5.91 Å². The summed E-state index contributed by atoms with van der Waals surface area (Å²) in [5.41, 5.74) is 1.76. The van der Waals surface area contributed by atoms with Crippen LogP contribution >= 0.6 is 0 Å². The van der Waals surface area contributed by atoms with Crippen molar-refractivity contribution >= 4 is 11.8 Å². The van der Waals surface area contributed by atoms with Gasteiger partial charge in [-0.3, -0.25) is 9.59 Å². The molecule has 0 saturated carbocycles. The summed E-state index contributed by atoms with van der Waals surface area (Å²) in [6.07, 6.45) is 0.834. The molecule has 0 aliphatic carbocycles. The quantitative estimate of drug-likeness (QED) is 0.727. The second-order valence-electron chi connectivity index (χ2n) is 7.79. The molecule has 1 aromatic rings. The first-order chi connectivity index (χ1) is 12.9. The van der Waals surface area contributed by atoms with Crippen LogP contribution in [0.1, 0.15) is 42.6 Å². The number of carbonyl (C=O) groups excluding carboxylic acids is 2. The molecule has 1 fully saturated rings. The molecule has 150 valence electrons. The Morgan fingerprint density at radius 1 is 1.26 bits per heavy atom. The molecular weight excluding hydrogens is 344 g/mol. The highest BCUT2D eigenvalue weighted by atomic mass is 16.5. The maximum Gasteiger partial charge on any atom is 0.253 e. The summed E-state index contributed by atoms with van der Waals surface area (Å²) < 4.78 is 5.39. The smallest absolute Gasteiger partial charge is 0.253 e. The van der Waals surface area contributed by atoms with Crippen LogP contribution in [0.15, 0.2) is 24.3 Å². The highest BCUT2D eigenvalue weighted by Crippen LogP contribution is 2.19. The first-order valence-corrected chi connectivity index (χ1v) is 9.76. The largest absolute Gasteiger partial charge is 0.389 e. The number of piperidine rings is 1. The highest BCUT2D eigenvalue weighted by molar-refractivity contribution is 5.94. The molecular formula is C21H32N2O4. The summed E-state index contributed by atoms with van der Waals surface area (Å²) in [5, 5.41) is 12.7. The lowest BCUT2D eigenvalue weighted by atomic mass is 9.96. The van der Waals surface area contributed by atoms with Gasteiger partial charge in [0.05, 0.1) is 18.6 Å². The minimum absolute atomic E-state index is 0.0328. The summed E-state index contributed by atoms with van der Waals surface area (Å²) in [6.45, 7) is 8.12. The molecule has 1 aliphatic heterocycles. The fourth-order valence-corrected chi connectivity index (χ4v) is 3.12. The zero-order valence-electron chi connectivity index (χ0n) is 16.6. The number of carbonyl (C=O) groups is 2. The van der Waals surface area contributed by atoms with Gasteiger partial charge in [-0.25, -0.2) is 0 Å². The van der Waals surface area contributed by atoms with Gasteiger partial charge in [-0.05, 0) is 37.8 Å². The van der Waals surface area contributed by atoms with Gasteiger partial charge in [0.1, 0.15) is 0 Å². The third kappa shape index (κ3) is 6.96. The lowest BCUT2D eigenvalue weighted by molar-refractivity contribution is -0.127. The van der Waals surface area contributed by atoms with E-state index >= 15 is 0 Å². The van der Waals surface area contributed by atoms with E-state index in [4.69, 9.17) is 4.74 Å². The number of ether oxygens (including phenoxy) is 1. The molecule has 6 heteroatoms. The van der Waals surface area contributed by atoms with Crippen LogP contribution in [0.3, 0.4) is 0 Å². The SMILES string of the molecule is Cc1ccc(C(=O)N2CCC[C@H](C(=O)NC[C@H](O)COCC(C)C)C2)cc1. The second-order valence-corrected chi connectivity index (χ2v) is 7.79. The van der Waals surface area contributed by atoms with E-state index < -0.39 is 6.10 Å². The molecule has 2 N–H and O–H groups in total. The summed E-state index contributed by atoms with van der Waals surface area (Å²) in [7, 11) is 0. The predicted molar refractivity (Wildman–Crippen MR) is 104 cm³/mol. The molecule has 0 spiro atoms. The van der Waals surface area contributed by atoms with E-state index in [1.54, 1.807) is 4.90 Å². The van der Waals surface area contributed by atoms with Gasteiger partial charge in [-0.2, -0.15) is 0 Å². The zero-order valence-corrected chi connectivity index (χ0v) is 16.6. The van der Waals surface area contributed by atoms with E-state index in [-0.39, 0.29) is 30.9 Å². The van der Waals surface area contributed by atoms with E-state index in [0.29, 0.717) is 31.2 Å². The number of hydrogen-bond donors (Lipinski definition) is 2. The zero-order chi connectivity index (χ0) is 19.8. The van der Waals surface area contributed by atoms with Crippen molar-refractivity contribution in [3.8, 4) is 0 Å². The van der Waals surface area contributed by atoms with Crippen molar-refractivity contribution in [3.05, 3.63) is 35.4 Å². The lowest BCUT2D eigenvalue weighted by Gasteiger charge is -2.32. The Hall–Kier alpha value is -1.92. The Morgan fingerprint density at radius 3 is 2.63 bits per heavy atom. The van der Waals surface area contributed by atoms with Crippen molar-refractivity contribution in [2.45, 2.75) is 39.7 Å². The number of aryl methyl sites for hydroxylation is 1. The normalized spacial score (nSPS) is 18.4. The van der Waals surface area contributed by atoms with E-state index in [1.165, 1.54) is 0 Å². The number of nitrogens with one attached hydrogen (secondary N) is 1. The maximum atomic E-state index is 12.7. The van der Waals surface area contributed by atoms with Crippen LogP contribution in [0, 0.1) is 18.8 Å². The standard InChI is InChI=1S/C21H32N2O4/c1-15(2)13-27-14-19(24)11-22-20(25)18-5-4-10-23(12-18)21(26)17-8-6-16(3)7-9-17/h6-9,15,18-19,24H,4-5,10-14H2,1-3H3,(H,22,25)/t18-,19-/m0/s1. The third-order valence-corrected chi connectivity index (χ3v) is 4.65. The van der Waals surface area contributed by atoms with Gasteiger partial charge >= 0.3 is 0 Å². The number of amides is 2. The number of aliphatic hydroxyl groups excluding tert-OH is 1. The van der Waals surface area contributed by atoms with E-state index in [1.807, 2.05) is 45.0 Å². The van der Waals surface area contributed by atoms with Crippen LogP contribution in [0.2, 0.25) is 0 Å². The van der Waals surface area contributed by atoms with Crippen LogP contribution in [-0.4, -0.2) is 60.8 Å². The minimum Gasteiger partial charge on any atom is -0.389 e. The van der Waals surface area contributed by atoms with Crippen molar-refractivity contribution in [2.24, 2.45) is 11.8 Å². The van der Waals surface area contributed by atoms with Crippen molar-refractivity contribution in [3.63, 3.8) is 0 Å². The van der Waals surface area contributed by atoms with Crippen LogP contribution in [0.25, 0.3) is 0 Å². The Balaban J connectivity index is 1.79. The topological polar surface area (TPSA) is 78.9 Å². The van der Waals surface area contributed by atoms with Gasteiger partial charge in [-0.15, -0.1) is 0 Å². The average Bonchev–Trinajstić information content (AvgIpc) is 2.66. The Kier molecular flexibility index (Phi) is 8.25. The maximum absolute atomic E-state index is 12.7. The van der Waals surface area contributed by atoms with Gasteiger partial charge in [-0.1, -0.05) is 31.5 Å². The molecule has 0 bridgehead atoms. The lowest BCUT2D eigenvalue weighted by Crippen LogP contribution is -2.47. The molecule has 1 aromatic carbocycles. The van der Waals surface area contributed by atoms with Crippen molar-refractivity contribution < 1.29 is 19.4 Å². The molecule has 2 amide bonds. The van der Waals surface area contributed by atoms with Crippen molar-refractivity contribution in [1.82, 2.24) is 10.2 Å². The van der Waals surface area contributed by atoms with Crippen molar-refractivity contribution in [2.75, 3.05) is 32.8 Å². The number of benzene rings is 1. The van der Waals surface area contributed by atoms with Crippen LogP contribution in [0.4, 0.5) is 0 Å². The average molecular weight is 376 g/mol. The van der Waals surface area contributed by atoms with Gasteiger partial charge in [0.2, 0.25) is 5.91 Å². The van der Waals surface area contributed by atoms with Gasteiger partial charge in [0, 0.05) is 31.8 Å². The van der Waals surface area contributed by atoms with Crippen LogP contribution in [0.5, 0.6) is 0 Å². The predicted octanol–water partition coefficient (Wildman–Crippen LogP) is 2.00. The monoisotopic (exact) mass is 376 g/mol. The molecule has 1 aliphatic rings. The molecule has 0 radical (unpaired) electrons. The first kappa shape index (κ1) is 21.4. The van der Waals surface area contributed by atoms with Crippen LogP contribution < -0.4 is 5.32 Å². The number of aliphatic hydroxyl groups is 1. The minimum atomic E-state index is -0.721. The van der Waals surface area contributed by atoms with E-state index in [2.05, 4.69) is 5.32 Å². The Morgan fingerprint density at radius 2 is 1.96 bits per heavy atom. The summed E-state index contributed by atoms with van der Waals surface area (Å²) in [6, 6.07) is 7.50. The number of nitrogens with zero attached hydrogens (tertiary/aromatic N) is 1. The Labute approximate surface area is 161 Å². The molecule has 0 unspecified atom stereocenters. The molecule has 1 heterocycles. The summed E-state index contributed by atoms with van der Waals surface area (Å²) in [5.74, 6) is 0.0250. The molecule has 2 rings (SSSR count). The fraction of sp³-hybridized carbons (Fsp3) is 0.619. The Bertz CT molecular complexity index is 615. The first-order valence-electron chi connectivity index (χ1n) is 9.76. The molecule has 27 heavy (non-hydrogen) atoms. The summed E-state index contributed by atoms with van der Waals surface area (Å²) in [4.78, 5) is 26.8. The molecule has 1 saturated heterocycles.